The van der Waals surface area contributed by atoms with E-state index in [0.717, 1.165) is 29.9 Å². The van der Waals surface area contributed by atoms with Crippen LogP contribution in [0.5, 0.6) is 5.75 Å². The van der Waals surface area contributed by atoms with Crippen molar-refractivity contribution >= 4 is 17.7 Å². The highest BCUT2D eigenvalue weighted by molar-refractivity contribution is 7.99. The van der Waals surface area contributed by atoms with Crippen molar-refractivity contribution in [2.75, 3.05) is 12.4 Å². The fourth-order valence-corrected chi connectivity index (χ4v) is 2.32. The molecule has 0 bridgehead atoms. The molecule has 94 valence electrons. The van der Waals surface area contributed by atoms with E-state index in [0.29, 0.717) is 12.4 Å². The first-order valence-corrected chi connectivity index (χ1v) is 6.73. The number of phenols is 1. The Labute approximate surface area is 106 Å². The van der Waals surface area contributed by atoms with Gasteiger partial charge in [0.25, 0.3) is 0 Å². The van der Waals surface area contributed by atoms with Gasteiger partial charge in [-0.25, -0.2) is 0 Å². The van der Waals surface area contributed by atoms with E-state index >= 15 is 0 Å². The lowest BCUT2D eigenvalue weighted by Crippen LogP contribution is -2.00. The van der Waals surface area contributed by atoms with Crippen molar-refractivity contribution in [3.8, 4) is 5.75 Å². The third kappa shape index (κ3) is 6.22. The number of unbranched alkanes of at least 4 members (excludes halogenated alkanes) is 2. The fourth-order valence-electron chi connectivity index (χ4n) is 1.36. The maximum absolute atomic E-state index is 10.5. The van der Waals surface area contributed by atoms with E-state index in [1.807, 2.05) is 18.2 Å². The SMILES string of the molecule is CC(=O)OCCCCCSc1ccccc1O. The maximum Gasteiger partial charge on any atom is 0.302 e. The third-order valence-electron chi connectivity index (χ3n) is 2.22. The van der Waals surface area contributed by atoms with E-state index in [1.54, 1.807) is 17.8 Å². The average molecular weight is 254 g/mol. The topological polar surface area (TPSA) is 46.5 Å². The second-order valence-electron chi connectivity index (χ2n) is 3.72. The van der Waals surface area contributed by atoms with E-state index in [9.17, 15) is 9.90 Å². The number of benzene rings is 1. The number of aromatic hydroxyl groups is 1. The van der Waals surface area contributed by atoms with Gasteiger partial charge in [0.15, 0.2) is 0 Å². The highest BCUT2D eigenvalue weighted by Crippen LogP contribution is 2.28. The second-order valence-corrected chi connectivity index (χ2v) is 4.85. The van der Waals surface area contributed by atoms with Crippen LogP contribution in [0.15, 0.2) is 29.2 Å². The Morgan fingerprint density at radius 3 is 2.76 bits per heavy atom. The molecule has 0 atom stereocenters. The van der Waals surface area contributed by atoms with Crippen LogP contribution in [-0.2, 0) is 9.53 Å². The minimum Gasteiger partial charge on any atom is -0.507 e. The first kappa shape index (κ1) is 13.9. The highest BCUT2D eigenvalue weighted by atomic mass is 32.2. The zero-order valence-corrected chi connectivity index (χ0v) is 10.8. The van der Waals surface area contributed by atoms with E-state index < -0.39 is 0 Å². The summed E-state index contributed by atoms with van der Waals surface area (Å²) < 4.78 is 4.84. The van der Waals surface area contributed by atoms with Gasteiger partial charge in [-0.05, 0) is 37.1 Å². The van der Waals surface area contributed by atoms with Crippen LogP contribution in [0.4, 0.5) is 0 Å². The van der Waals surface area contributed by atoms with Crippen LogP contribution in [0, 0.1) is 0 Å². The van der Waals surface area contributed by atoms with Gasteiger partial charge < -0.3 is 9.84 Å². The maximum atomic E-state index is 10.5. The number of thioether (sulfide) groups is 1. The number of hydrogen-bond acceptors (Lipinski definition) is 4. The summed E-state index contributed by atoms with van der Waals surface area (Å²) in [6.45, 7) is 1.94. The molecule has 0 saturated carbocycles. The normalized spacial score (nSPS) is 10.2. The van der Waals surface area contributed by atoms with Gasteiger partial charge in [0.2, 0.25) is 0 Å². The summed E-state index contributed by atoms with van der Waals surface area (Å²) >= 11 is 1.65. The van der Waals surface area contributed by atoms with Crippen molar-refractivity contribution in [1.29, 1.82) is 0 Å². The van der Waals surface area contributed by atoms with Crippen molar-refractivity contribution in [3.63, 3.8) is 0 Å². The fraction of sp³-hybridized carbons (Fsp3) is 0.462. The first-order chi connectivity index (χ1) is 8.20. The molecular formula is C13H18O3S. The van der Waals surface area contributed by atoms with Crippen LogP contribution >= 0.6 is 11.8 Å². The monoisotopic (exact) mass is 254 g/mol. The summed E-state index contributed by atoms with van der Waals surface area (Å²) in [6.07, 6.45) is 3.00. The molecule has 4 heteroatoms. The quantitative estimate of drug-likeness (QED) is 0.461. The Balaban J connectivity index is 2.05. The standard InChI is InChI=1S/C13H18O3S/c1-11(14)16-9-5-2-6-10-17-13-8-4-3-7-12(13)15/h3-4,7-8,15H,2,5-6,9-10H2,1H3. The number of rotatable bonds is 7. The molecule has 0 heterocycles. The lowest BCUT2D eigenvalue weighted by atomic mass is 10.3. The van der Waals surface area contributed by atoms with Crippen LogP contribution in [0.1, 0.15) is 26.2 Å². The first-order valence-electron chi connectivity index (χ1n) is 5.74. The van der Waals surface area contributed by atoms with Gasteiger partial charge in [-0.2, -0.15) is 0 Å². The van der Waals surface area contributed by atoms with Crippen LogP contribution in [0.25, 0.3) is 0 Å². The predicted molar refractivity (Wildman–Crippen MR) is 69.3 cm³/mol. The summed E-state index contributed by atoms with van der Waals surface area (Å²) in [5.41, 5.74) is 0. The Hall–Kier alpha value is -1.16. The van der Waals surface area contributed by atoms with Crippen LogP contribution in [0.3, 0.4) is 0 Å². The molecule has 0 radical (unpaired) electrons. The van der Waals surface area contributed by atoms with E-state index in [-0.39, 0.29) is 5.97 Å². The summed E-state index contributed by atoms with van der Waals surface area (Å²) in [7, 11) is 0. The van der Waals surface area contributed by atoms with E-state index in [1.165, 1.54) is 6.92 Å². The van der Waals surface area contributed by atoms with Crippen molar-refractivity contribution in [2.24, 2.45) is 0 Å². The number of hydrogen-bond donors (Lipinski definition) is 1. The summed E-state index contributed by atoms with van der Waals surface area (Å²) in [6, 6.07) is 7.35. The van der Waals surface area contributed by atoms with E-state index in [4.69, 9.17) is 4.74 Å². The second kappa shape index (κ2) is 8.01. The average Bonchev–Trinajstić information content (AvgIpc) is 2.30. The summed E-state index contributed by atoms with van der Waals surface area (Å²) in [5.74, 6) is 1.10. The zero-order chi connectivity index (χ0) is 12.5. The van der Waals surface area contributed by atoms with Gasteiger partial charge in [0.05, 0.1) is 6.61 Å². The van der Waals surface area contributed by atoms with Crippen LogP contribution in [0.2, 0.25) is 0 Å². The van der Waals surface area contributed by atoms with Gasteiger partial charge >= 0.3 is 5.97 Å². The van der Waals surface area contributed by atoms with Crippen molar-refractivity contribution in [3.05, 3.63) is 24.3 Å². The molecule has 1 aromatic rings. The highest BCUT2D eigenvalue weighted by Gasteiger charge is 1.99. The van der Waals surface area contributed by atoms with Gasteiger partial charge in [-0.1, -0.05) is 12.1 Å². The van der Waals surface area contributed by atoms with E-state index in [2.05, 4.69) is 0 Å². The van der Waals surface area contributed by atoms with Gasteiger partial charge in [-0.15, -0.1) is 11.8 Å². The molecular weight excluding hydrogens is 236 g/mol. The molecule has 0 aliphatic carbocycles. The number of phenolic OH excluding ortho intramolecular Hbond substituents is 1. The Morgan fingerprint density at radius 1 is 1.29 bits per heavy atom. The smallest absolute Gasteiger partial charge is 0.302 e. The van der Waals surface area contributed by atoms with Crippen molar-refractivity contribution in [1.82, 2.24) is 0 Å². The van der Waals surface area contributed by atoms with Gasteiger partial charge in [0.1, 0.15) is 5.75 Å². The predicted octanol–water partition coefficient (Wildman–Crippen LogP) is 3.22. The molecule has 3 nitrogen and oxygen atoms in total. The molecule has 0 fully saturated rings. The summed E-state index contributed by atoms with van der Waals surface area (Å²) in [5, 5.41) is 9.53. The number of ether oxygens (including phenoxy) is 1. The molecule has 0 aliphatic rings. The lowest BCUT2D eigenvalue weighted by Gasteiger charge is -2.04. The molecule has 0 saturated heterocycles. The number of esters is 1. The summed E-state index contributed by atoms with van der Waals surface area (Å²) in [4.78, 5) is 11.4. The molecule has 1 N–H and O–H groups in total. The molecule has 0 aliphatic heterocycles. The minimum atomic E-state index is -0.214. The lowest BCUT2D eigenvalue weighted by molar-refractivity contribution is -0.141. The Bertz CT molecular complexity index is 352. The molecule has 0 amide bonds. The van der Waals surface area contributed by atoms with Crippen molar-refractivity contribution in [2.45, 2.75) is 31.1 Å². The molecule has 0 unspecified atom stereocenters. The van der Waals surface area contributed by atoms with Crippen LogP contribution in [-0.4, -0.2) is 23.4 Å². The molecule has 0 spiro atoms. The van der Waals surface area contributed by atoms with Crippen molar-refractivity contribution < 1.29 is 14.6 Å². The third-order valence-corrected chi connectivity index (χ3v) is 3.37. The molecule has 0 aromatic heterocycles. The Morgan fingerprint density at radius 2 is 2.06 bits per heavy atom. The number of carbonyl (C=O) groups is 1. The molecule has 1 rings (SSSR count). The Kier molecular flexibility index (Phi) is 6.55. The molecule has 1 aromatic carbocycles. The number of para-hydroxylation sites is 1. The van der Waals surface area contributed by atoms with Gasteiger partial charge in [0, 0.05) is 11.8 Å². The molecule has 17 heavy (non-hydrogen) atoms. The van der Waals surface area contributed by atoms with Crippen LogP contribution < -0.4 is 0 Å². The number of carbonyl (C=O) groups excluding carboxylic acids is 1. The zero-order valence-electron chi connectivity index (χ0n) is 10.0. The van der Waals surface area contributed by atoms with Gasteiger partial charge in [-0.3, -0.25) is 4.79 Å². The largest absolute Gasteiger partial charge is 0.507 e. The minimum absolute atomic E-state index is 0.214.